The molecule has 0 aliphatic rings. The number of anilines is 1. The van der Waals surface area contributed by atoms with Gasteiger partial charge < -0.3 is 9.88 Å². The molecular formula is C20H18N4OS. The second-order valence-electron chi connectivity index (χ2n) is 5.76. The molecule has 0 saturated heterocycles. The summed E-state index contributed by atoms with van der Waals surface area (Å²) in [7, 11) is 1.94. The van der Waals surface area contributed by atoms with Crippen molar-refractivity contribution < 1.29 is 4.79 Å². The second kappa shape index (κ2) is 7.89. The Kier molecular flexibility index (Phi) is 5.40. The Balaban J connectivity index is 1.72. The number of nitrogens with one attached hydrogen (secondary N) is 1. The maximum absolute atomic E-state index is 12.5. The standard InChI is InChI=1S/C20H18N4OS/c1-14(19(25)23-17-11-7-6-10-16(17)12-21)26-20-22-13-18(24(20)2)15-8-4-3-5-9-15/h3-11,13-14H,1-2H3,(H,23,25). The highest BCUT2D eigenvalue weighted by molar-refractivity contribution is 8.00. The summed E-state index contributed by atoms with van der Waals surface area (Å²) in [6.07, 6.45) is 1.81. The number of aromatic nitrogens is 2. The molecule has 0 fully saturated rings. The zero-order valence-electron chi connectivity index (χ0n) is 14.5. The molecular weight excluding hydrogens is 344 g/mol. The molecule has 1 atom stereocenters. The molecule has 0 spiro atoms. The predicted octanol–water partition coefficient (Wildman–Crippen LogP) is 4.08. The predicted molar refractivity (Wildman–Crippen MR) is 104 cm³/mol. The monoisotopic (exact) mass is 362 g/mol. The van der Waals surface area contributed by atoms with Crippen LogP contribution in [0.4, 0.5) is 5.69 Å². The molecule has 0 radical (unpaired) electrons. The Morgan fingerprint density at radius 2 is 1.88 bits per heavy atom. The fraction of sp³-hybridized carbons (Fsp3) is 0.150. The molecule has 3 rings (SSSR count). The summed E-state index contributed by atoms with van der Waals surface area (Å²) >= 11 is 1.38. The number of imidazole rings is 1. The lowest BCUT2D eigenvalue weighted by atomic mass is 10.2. The van der Waals surface area contributed by atoms with E-state index in [0.717, 1.165) is 16.4 Å². The van der Waals surface area contributed by atoms with Gasteiger partial charge in [0.05, 0.1) is 28.4 Å². The van der Waals surface area contributed by atoms with Crippen molar-refractivity contribution in [2.45, 2.75) is 17.3 Å². The molecule has 0 bridgehead atoms. The first-order chi connectivity index (χ1) is 12.6. The number of hydrogen-bond acceptors (Lipinski definition) is 4. The van der Waals surface area contributed by atoms with Crippen LogP contribution in [0.2, 0.25) is 0 Å². The van der Waals surface area contributed by atoms with Crippen molar-refractivity contribution in [2.75, 3.05) is 5.32 Å². The van der Waals surface area contributed by atoms with E-state index in [1.807, 2.05) is 55.1 Å². The average molecular weight is 362 g/mol. The summed E-state index contributed by atoms with van der Waals surface area (Å²) < 4.78 is 1.98. The molecule has 1 unspecified atom stereocenters. The summed E-state index contributed by atoms with van der Waals surface area (Å²) in [6, 6.07) is 19.0. The second-order valence-corrected chi connectivity index (χ2v) is 7.07. The van der Waals surface area contributed by atoms with Gasteiger partial charge in [-0.3, -0.25) is 4.79 Å². The third kappa shape index (κ3) is 3.79. The molecule has 2 aromatic carbocycles. The molecule has 1 N–H and O–H groups in total. The zero-order valence-corrected chi connectivity index (χ0v) is 15.3. The smallest absolute Gasteiger partial charge is 0.237 e. The van der Waals surface area contributed by atoms with Gasteiger partial charge in [-0.25, -0.2) is 4.98 Å². The Morgan fingerprint density at radius 3 is 2.62 bits per heavy atom. The van der Waals surface area contributed by atoms with Crippen LogP contribution in [0.3, 0.4) is 0 Å². The van der Waals surface area contributed by atoms with E-state index in [1.54, 1.807) is 24.3 Å². The van der Waals surface area contributed by atoms with Gasteiger partial charge in [0, 0.05) is 7.05 Å². The first kappa shape index (κ1) is 17.8. The number of hydrogen-bond donors (Lipinski definition) is 1. The van der Waals surface area contributed by atoms with Gasteiger partial charge >= 0.3 is 0 Å². The van der Waals surface area contributed by atoms with Crippen molar-refractivity contribution >= 4 is 23.4 Å². The Bertz CT molecular complexity index is 959. The molecule has 130 valence electrons. The third-order valence-electron chi connectivity index (χ3n) is 3.97. The van der Waals surface area contributed by atoms with Gasteiger partial charge in [-0.15, -0.1) is 0 Å². The molecule has 0 saturated carbocycles. The van der Waals surface area contributed by atoms with Crippen LogP contribution in [-0.2, 0) is 11.8 Å². The number of amides is 1. The van der Waals surface area contributed by atoms with E-state index < -0.39 is 0 Å². The van der Waals surface area contributed by atoms with E-state index in [2.05, 4.69) is 16.4 Å². The lowest BCUT2D eigenvalue weighted by Crippen LogP contribution is -2.23. The fourth-order valence-electron chi connectivity index (χ4n) is 2.51. The van der Waals surface area contributed by atoms with E-state index in [4.69, 9.17) is 5.26 Å². The number of benzene rings is 2. The van der Waals surface area contributed by atoms with Gasteiger partial charge in [0.2, 0.25) is 5.91 Å². The molecule has 3 aromatic rings. The number of thioether (sulfide) groups is 1. The van der Waals surface area contributed by atoms with E-state index in [9.17, 15) is 4.79 Å². The first-order valence-electron chi connectivity index (χ1n) is 8.14. The minimum absolute atomic E-state index is 0.165. The van der Waals surface area contributed by atoms with Crippen LogP contribution in [0, 0.1) is 11.3 Å². The van der Waals surface area contributed by atoms with Gasteiger partial charge in [-0.1, -0.05) is 54.2 Å². The van der Waals surface area contributed by atoms with E-state index in [-0.39, 0.29) is 11.2 Å². The summed E-state index contributed by atoms with van der Waals surface area (Å²) in [5.41, 5.74) is 3.05. The lowest BCUT2D eigenvalue weighted by Gasteiger charge is -2.13. The fourth-order valence-corrected chi connectivity index (χ4v) is 3.37. The largest absolute Gasteiger partial charge is 0.324 e. The van der Waals surface area contributed by atoms with Gasteiger partial charge in [0.15, 0.2) is 5.16 Å². The molecule has 1 amide bonds. The maximum atomic E-state index is 12.5. The number of rotatable bonds is 5. The quantitative estimate of drug-likeness (QED) is 0.694. The van der Waals surface area contributed by atoms with Crippen molar-refractivity contribution in [3.8, 4) is 17.3 Å². The van der Waals surface area contributed by atoms with Crippen LogP contribution in [0.5, 0.6) is 0 Å². The van der Waals surface area contributed by atoms with Crippen LogP contribution in [-0.4, -0.2) is 20.7 Å². The Labute approximate surface area is 156 Å². The SMILES string of the molecule is CC(Sc1ncc(-c2ccccc2)n1C)C(=O)Nc1ccccc1C#N. The van der Waals surface area contributed by atoms with Gasteiger partial charge in [-0.2, -0.15) is 5.26 Å². The van der Waals surface area contributed by atoms with Crippen LogP contribution in [0.1, 0.15) is 12.5 Å². The molecule has 1 aromatic heterocycles. The average Bonchev–Trinajstić information content (AvgIpc) is 3.03. The lowest BCUT2D eigenvalue weighted by molar-refractivity contribution is -0.115. The number of nitriles is 1. The van der Waals surface area contributed by atoms with Crippen LogP contribution in [0.25, 0.3) is 11.3 Å². The number of nitrogens with zero attached hydrogens (tertiary/aromatic N) is 3. The van der Waals surface area contributed by atoms with Gasteiger partial charge in [0.1, 0.15) is 6.07 Å². The van der Waals surface area contributed by atoms with Gasteiger partial charge in [-0.05, 0) is 24.6 Å². The van der Waals surface area contributed by atoms with Crippen LogP contribution < -0.4 is 5.32 Å². The number of carbonyl (C=O) groups excluding carboxylic acids is 1. The van der Waals surface area contributed by atoms with Crippen LogP contribution >= 0.6 is 11.8 Å². The van der Waals surface area contributed by atoms with Crippen molar-refractivity contribution in [1.82, 2.24) is 9.55 Å². The molecule has 0 aliphatic carbocycles. The normalized spacial score (nSPS) is 11.6. The first-order valence-corrected chi connectivity index (χ1v) is 9.02. The van der Waals surface area contributed by atoms with E-state index >= 15 is 0 Å². The molecule has 1 heterocycles. The highest BCUT2D eigenvalue weighted by Crippen LogP contribution is 2.28. The molecule has 26 heavy (non-hydrogen) atoms. The number of para-hydroxylation sites is 1. The summed E-state index contributed by atoms with van der Waals surface area (Å²) in [5, 5.41) is 12.4. The zero-order chi connectivity index (χ0) is 18.5. The summed E-state index contributed by atoms with van der Waals surface area (Å²) in [5.74, 6) is -0.165. The minimum Gasteiger partial charge on any atom is -0.324 e. The van der Waals surface area contributed by atoms with Crippen molar-refractivity contribution in [3.05, 3.63) is 66.4 Å². The molecule has 6 heteroatoms. The Morgan fingerprint density at radius 1 is 1.19 bits per heavy atom. The highest BCUT2D eigenvalue weighted by Gasteiger charge is 2.19. The molecule has 5 nitrogen and oxygen atoms in total. The van der Waals surface area contributed by atoms with Crippen molar-refractivity contribution in [3.63, 3.8) is 0 Å². The third-order valence-corrected chi connectivity index (χ3v) is 5.13. The summed E-state index contributed by atoms with van der Waals surface area (Å²) in [4.78, 5) is 16.9. The van der Waals surface area contributed by atoms with Crippen molar-refractivity contribution in [1.29, 1.82) is 5.26 Å². The highest BCUT2D eigenvalue weighted by atomic mass is 32.2. The van der Waals surface area contributed by atoms with E-state index in [1.165, 1.54) is 11.8 Å². The van der Waals surface area contributed by atoms with Gasteiger partial charge in [0.25, 0.3) is 0 Å². The maximum Gasteiger partial charge on any atom is 0.237 e. The van der Waals surface area contributed by atoms with E-state index in [0.29, 0.717) is 11.3 Å². The topological polar surface area (TPSA) is 70.7 Å². The Hall–Kier alpha value is -3.04. The minimum atomic E-state index is -0.355. The van der Waals surface area contributed by atoms with Crippen molar-refractivity contribution in [2.24, 2.45) is 7.05 Å². The molecule has 0 aliphatic heterocycles. The summed E-state index contributed by atoms with van der Waals surface area (Å²) in [6.45, 7) is 1.83. The number of carbonyl (C=O) groups is 1. The van der Waals surface area contributed by atoms with Crippen LogP contribution in [0.15, 0.2) is 66.0 Å².